The summed E-state index contributed by atoms with van der Waals surface area (Å²) in [4.78, 5) is 0. The van der Waals surface area contributed by atoms with Crippen LogP contribution in [0.3, 0.4) is 0 Å². The molecule has 1 N–H and O–H groups in total. The monoisotopic (exact) mass is 446 g/mol. The molecule has 0 spiro atoms. The number of ether oxygens (including phenoxy) is 1. The van der Waals surface area contributed by atoms with Gasteiger partial charge in [0.25, 0.3) is 0 Å². The molecule has 0 aliphatic carbocycles. The van der Waals surface area contributed by atoms with Crippen LogP contribution >= 0.6 is 44.1 Å². The number of aryl methyl sites for hydroxylation is 1. The summed E-state index contributed by atoms with van der Waals surface area (Å²) in [5.41, 5.74) is 0.924. The third-order valence-corrected chi connectivity index (χ3v) is 4.26. The van der Waals surface area contributed by atoms with Gasteiger partial charge in [-0.05, 0) is 75.1 Å². The quantitative estimate of drug-likeness (QED) is 0.515. The molecule has 0 aliphatic rings. The Morgan fingerprint density at radius 3 is 2.64 bits per heavy atom. The Morgan fingerprint density at radius 2 is 2.05 bits per heavy atom. The SMILES string of the molecule is CCCc1n[nH]c(=S)n1/N=C\c1cc(Br)c(OCC)c(Br)c1. The van der Waals surface area contributed by atoms with E-state index in [1.807, 2.05) is 19.1 Å². The number of hydrogen-bond acceptors (Lipinski definition) is 4. The number of nitrogens with zero attached hydrogens (tertiary/aromatic N) is 3. The van der Waals surface area contributed by atoms with E-state index < -0.39 is 0 Å². The van der Waals surface area contributed by atoms with E-state index in [1.165, 1.54) is 0 Å². The summed E-state index contributed by atoms with van der Waals surface area (Å²) in [7, 11) is 0. The van der Waals surface area contributed by atoms with Crippen molar-refractivity contribution >= 4 is 50.3 Å². The predicted molar refractivity (Wildman–Crippen MR) is 97.4 cm³/mol. The Balaban J connectivity index is 2.31. The third-order valence-electron chi connectivity index (χ3n) is 2.82. The van der Waals surface area contributed by atoms with Gasteiger partial charge < -0.3 is 4.74 Å². The van der Waals surface area contributed by atoms with Crippen LogP contribution < -0.4 is 4.74 Å². The molecule has 2 rings (SSSR count). The van der Waals surface area contributed by atoms with Crippen molar-refractivity contribution in [1.29, 1.82) is 0 Å². The largest absolute Gasteiger partial charge is 0.492 e. The van der Waals surface area contributed by atoms with E-state index >= 15 is 0 Å². The highest BCUT2D eigenvalue weighted by atomic mass is 79.9. The highest BCUT2D eigenvalue weighted by molar-refractivity contribution is 9.11. The zero-order chi connectivity index (χ0) is 16.1. The number of H-pyrrole nitrogens is 1. The second-order valence-electron chi connectivity index (χ2n) is 4.50. The van der Waals surface area contributed by atoms with Crippen molar-refractivity contribution in [1.82, 2.24) is 14.9 Å². The lowest BCUT2D eigenvalue weighted by atomic mass is 10.2. The third kappa shape index (κ3) is 4.05. The van der Waals surface area contributed by atoms with Crippen LogP contribution in [0.2, 0.25) is 0 Å². The smallest absolute Gasteiger partial charge is 0.216 e. The molecule has 0 aliphatic heterocycles. The standard InChI is InChI=1S/C14H16Br2N4OS/c1-3-5-12-18-19-14(22)20(12)17-8-9-6-10(15)13(21-4-2)11(16)7-9/h6-8H,3-5H2,1-2H3,(H,19,22)/b17-8-. The van der Waals surface area contributed by atoms with E-state index in [4.69, 9.17) is 17.0 Å². The van der Waals surface area contributed by atoms with Crippen molar-refractivity contribution in [2.45, 2.75) is 26.7 Å². The molecular formula is C14H16Br2N4OS. The van der Waals surface area contributed by atoms with Crippen LogP contribution in [0.15, 0.2) is 26.2 Å². The zero-order valence-electron chi connectivity index (χ0n) is 12.3. The number of rotatable bonds is 6. The molecule has 0 atom stereocenters. The summed E-state index contributed by atoms with van der Waals surface area (Å²) in [6.45, 7) is 4.64. The highest BCUT2D eigenvalue weighted by Gasteiger charge is 2.08. The molecule has 0 saturated heterocycles. The molecule has 0 fully saturated rings. The van der Waals surface area contributed by atoms with Crippen LogP contribution in [-0.2, 0) is 6.42 Å². The van der Waals surface area contributed by atoms with E-state index in [1.54, 1.807) is 10.9 Å². The lowest BCUT2D eigenvalue weighted by Gasteiger charge is -2.09. The Kier molecular flexibility index (Phi) is 6.34. The normalized spacial score (nSPS) is 11.3. The molecule has 1 heterocycles. The van der Waals surface area contributed by atoms with Gasteiger partial charge in [-0.2, -0.15) is 14.9 Å². The van der Waals surface area contributed by atoms with Gasteiger partial charge >= 0.3 is 0 Å². The Labute approximate surface area is 151 Å². The van der Waals surface area contributed by atoms with Crippen LogP contribution in [0.25, 0.3) is 0 Å². The van der Waals surface area contributed by atoms with Crippen molar-refractivity contribution < 1.29 is 4.74 Å². The average molecular weight is 448 g/mol. The maximum atomic E-state index is 5.57. The molecule has 5 nitrogen and oxygen atoms in total. The molecule has 2 aromatic rings. The summed E-state index contributed by atoms with van der Waals surface area (Å²) >= 11 is 12.2. The summed E-state index contributed by atoms with van der Waals surface area (Å²) < 4.78 is 9.45. The summed E-state index contributed by atoms with van der Waals surface area (Å²) in [5.74, 6) is 1.61. The Morgan fingerprint density at radius 1 is 1.36 bits per heavy atom. The first-order valence-electron chi connectivity index (χ1n) is 6.89. The molecule has 0 bridgehead atoms. The number of nitrogens with one attached hydrogen (secondary N) is 1. The number of halogens is 2. The second kappa shape index (κ2) is 8.03. The maximum Gasteiger partial charge on any atom is 0.216 e. The van der Waals surface area contributed by atoms with Crippen molar-refractivity contribution in [2.75, 3.05) is 6.61 Å². The van der Waals surface area contributed by atoms with Gasteiger partial charge in [0.1, 0.15) is 5.75 Å². The van der Waals surface area contributed by atoms with Gasteiger partial charge in [-0.3, -0.25) is 5.10 Å². The number of aromatic amines is 1. The first-order chi connectivity index (χ1) is 10.6. The molecule has 0 saturated carbocycles. The van der Waals surface area contributed by atoms with Gasteiger partial charge in [0.2, 0.25) is 4.77 Å². The maximum absolute atomic E-state index is 5.57. The van der Waals surface area contributed by atoms with Crippen molar-refractivity contribution in [3.63, 3.8) is 0 Å². The van der Waals surface area contributed by atoms with Crippen LogP contribution in [0.4, 0.5) is 0 Å². The predicted octanol–water partition coefficient (Wildman–Crippen LogP) is 4.70. The van der Waals surface area contributed by atoms with Crippen LogP contribution in [0.5, 0.6) is 5.75 Å². The van der Waals surface area contributed by atoms with Gasteiger partial charge in [0.15, 0.2) is 5.82 Å². The topological polar surface area (TPSA) is 55.2 Å². The number of aromatic nitrogens is 3. The van der Waals surface area contributed by atoms with Crippen LogP contribution in [0, 0.1) is 4.77 Å². The van der Waals surface area contributed by atoms with E-state index in [-0.39, 0.29) is 0 Å². The fourth-order valence-corrected chi connectivity index (χ4v) is 3.54. The van der Waals surface area contributed by atoms with Crippen molar-refractivity contribution in [3.8, 4) is 5.75 Å². The molecule has 0 unspecified atom stereocenters. The molecule has 0 amide bonds. The molecular weight excluding hydrogens is 432 g/mol. The van der Waals surface area contributed by atoms with Gasteiger partial charge in [0.05, 0.1) is 21.8 Å². The first-order valence-corrected chi connectivity index (χ1v) is 8.88. The molecule has 1 aromatic heterocycles. The van der Waals surface area contributed by atoms with Gasteiger partial charge in [-0.25, -0.2) is 0 Å². The zero-order valence-corrected chi connectivity index (χ0v) is 16.3. The fourth-order valence-electron chi connectivity index (χ4n) is 1.89. The van der Waals surface area contributed by atoms with Crippen molar-refractivity contribution in [2.24, 2.45) is 5.10 Å². The van der Waals surface area contributed by atoms with E-state index in [0.29, 0.717) is 11.4 Å². The molecule has 1 aromatic carbocycles. The van der Waals surface area contributed by atoms with E-state index in [9.17, 15) is 0 Å². The minimum Gasteiger partial charge on any atom is -0.492 e. The molecule has 118 valence electrons. The van der Waals surface area contributed by atoms with E-state index in [0.717, 1.165) is 38.9 Å². The summed E-state index contributed by atoms with van der Waals surface area (Å²) in [6, 6.07) is 3.89. The van der Waals surface area contributed by atoms with Gasteiger partial charge in [-0.1, -0.05) is 6.92 Å². The van der Waals surface area contributed by atoms with Crippen LogP contribution in [-0.4, -0.2) is 27.7 Å². The Hall–Kier alpha value is -0.990. The minimum absolute atomic E-state index is 0.490. The lowest BCUT2D eigenvalue weighted by Crippen LogP contribution is -1.99. The molecule has 0 radical (unpaired) electrons. The van der Waals surface area contributed by atoms with Gasteiger partial charge in [0, 0.05) is 6.42 Å². The van der Waals surface area contributed by atoms with Crippen molar-refractivity contribution in [3.05, 3.63) is 37.2 Å². The fraction of sp³-hybridized carbons (Fsp3) is 0.357. The summed E-state index contributed by atoms with van der Waals surface area (Å²) in [6.07, 6.45) is 3.55. The van der Waals surface area contributed by atoms with E-state index in [2.05, 4.69) is 54.1 Å². The lowest BCUT2D eigenvalue weighted by molar-refractivity contribution is 0.336. The first kappa shape index (κ1) is 17.4. The van der Waals surface area contributed by atoms with Crippen LogP contribution in [0.1, 0.15) is 31.7 Å². The number of benzene rings is 1. The number of hydrogen-bond donors (Lipinski definition) is 1. The molecule has 22 heavy (non-hydrogen) atoms. The molecule has 8 heteroatoms. The highest BCUT2D eigenvalue weighted by Crippen LogP contribution is 2.34. The minimum atomic E-state index is 0.490. The van der Waals surface area contributed by atoms with Gasteiger partial charge in [-0.15, -0.1) is 0 Å². The average Bonchev–Trinajstić information content (AvgIpc) is 2.82. The summed E-state index contributed by atoms with van der Waals surface area (Å²) in [5, 5.41) is 11.4. The second-order valence-corrected chi connectivity index (χ2v) is 6.59. The Bertz CT molecular complexity index is 716.